The lowest BCUT2D eigenvalue weighted by atomic mass is 9.95. The van der Waals surface area contributed by atoms with Crippen molar-refractivity contribution in [3.05, 3.63) is 58.6 Å². The lowest BCUT2D eigenvalue weighted by Crippen LogP contribution is -2.47. The number of fused-ring (bicyclic) bond motifs is 1. The third kappa shape index (κ3) is 4.49. The second kappa shape index (κ2) is 9.04. The molecule has 33 heavy (non-hydrogen) atoms. The highest BCUT2D eigenvalue weighted by atomic mass is 32.2. The summed E-state index contributed by atoms with van der Waals surface area (Å²) in [6.45, 7) is 3.24. The number of aromatic nitrogens is 3. The Labute approximate surface area is 194 Å². The summed E-state index contributed by atoms with van der Waals surface area (Å²) in [7, 11) is -3.12. The molecule has 0 bridgehead atoms. The van der Waals surface area contributed by atoms with Crippen molar-refractivity contribution in [3.63, 3.8) is 0 Å². The van der Waals surface area contributed by atoms with Crippen molar-refractivity contribution >= 4 is 21.2 Å². The fraction of sp³-hybridized carbons (Fsp3) is 0.500. The van der Waals surface area contributed by atoms with Crippen LogP contribution in [-0.2, 0) is 16.6 Å². The van der Waals surface area contributed by atoms with Gasteiger partial charge in [-0.15, -0.1) is 0 Å². The van der Waals surface area contributed by atoms with E-state index in [1.165, 1.54) is 17.0 Å². The molecule has 2 aromatic heterocycles. The molecule has 1 aliphatic carbocycles. The Kier molecular flexibility index (Phi) is 6.11. The van der Waals surface area contributed by atoms with E-state index in [9.17, 15) is 13.2 Å². The summed E-state index contributed by atoms with van der Waals surface area (Å²) >= 11 is 0. The van der Waals surface area contributed by atoms with Crippen LogP contribution in [0.2, 0.25) is 0 Å². The van der Waals surface area contributed by atoms with Crippen LogP contribution in [-0.4, -0.2) is 64.2 Å². The number of hydrogen-bond acceptors (Lipinski definition) is 5. The minimum absolute atomic E-state index is 0.0137. The predicted octanol–water partition coefficient (Wildman–Crippen LogP) is 2.77. The van der Waals surface area contributed by atoms with E-state index in [0.717, 1.165) is 49.0 Å². The quantitative estimate of drug-likeness (QED) is 0.574. The second-order valence-corrected chi connectivity index (χ2v) is 11.2. The Balaban J connectivity index is 1.38. The SMILES string of the molecule is CS(=O)(=O)N1CCN(Cc2ccc(-n3c(=O)n(C4CCCCC4)c4cccnc43)cc2)CC1. The van der Waals surface area contributed by atoms with E-state index in [0.29, 0.717) is 31.8 Å². The molecule has 1 aliphatic heterocycles. The van der Waals surface area contributed by atoms with Crippen molar-refractivity contribution in [2.45, 2.75) is 44.7 Å². The Morgan fingerprint density at radius 2 is 1.67 bits per heavy atom. The van der Waals surface area contributed by atoms with Crippen LogP contribution in [0.25, 0.3) is 16.9 Å². The number of nitrogens with zero attached hydrogens (tertiary/aromatic N) is 5. The molecule has 9 heteroatoms. The number of piperazine rings is 1. The van der Waals surface area contributed by atoms with Gasteiger partial charge in [0, 0.05) is 45.0 Å². The topological polar surface area (TPSA) is 80.4 Å². The number of hydrogen-bond donors (Lipinski definition) is 0. The summed E-state index contributed by atoms with van der Waals surface area (Å²) in [5, 5.41) is 0. The van der Waals surface area contributed by atoms with E-state index in [1.807, 2.05) is 28.8 Å². The van der Waals surface area contributed by atoms with Crippen LogP contribution in [0, 0.1) is 0 Å². The molecule has 0 spiro atoms. The first-order chi connectivity index (χ1) is 15.9. The lowest BCUT2D eigenvalue weighted by Gasteiger charge is -2.33. The molecule has 5 rings (SSSR count). The minimum Gasteiger partial charge on any atom is -0.296 e. The summed E-state index contributed by atoms with van der Waals surface area (Å²) in [6.07, 6.45) is 8.66. The van der Waals surface area contributed by atoms with Crippen molar-refractivity contribution in [2.75, 3.05) is 32.4 Å². The standard InChI is InChI=1S/C24H31N5O3S/c1-33(31,32)27-16-14-26(15-17-27)18-19-9-11-21(12-10-19)29-23-22(8-5-13-25-23)28(24(29)30)20-6-3-2-4-7-20/h5,8-13,20H,2-4,6-7,14-18H2,1H3. The van der Waals surface area contributed by atoms with E-state index in [2.05, 4.69) is 22.0 Å². The molecule has 1 saturated heterocycles. The second-order valence-electron chi connectivity index (χ2n) is 9.23. The Morgan fingerprint density at radius 1 is 0.970 bits per heavy atom. The van der Waals surface area contributed by atoms with Crippen LogP contribution in [0.15, 0.2) is 47.4 Å². The van der Waals surface area contributed by atoms with E-state index >= 15 is 0 Å². The van der Waals surface area contributed by atoms with Gasteiger partial charge < -0.3 is 0 Å². The van der Waals surface area contributed by atoms with Gasteiger partial charge in [0.05, 0.1) is 17.5 Å². The van der Waals surface area contributed by atoms with E-state index in [-0.39, 0.29) is 11.7 Å². The Bertz CT molecular complexity index is 1280. The van der Waals surface area contributed by atoms with Crippen LogP contribution >= 0.6 is 0 Å². The van der Waals surface area contributed by atoms with Gasteiger partial charge in [-0.25, -0.2) is 22.8 Å². The first-order valence-electron chi connectivity index (χ1n) is 11.8. The molecule has 176 valence electrons. The zero-order valence-corrected chi connectivity index (χ0v) is 19.9. The summed E-state index contributed by atoms with van der Waals surface area (Å²) in [5.41, 5.74) is 3.56. The molecule has 3 heterocycles. The lowest BCUT2D eigenvalue weighted by molar-refractivity contribution is 0.182. The largest absolute Gasteiger partial charge is 0.335 e. The summed E-state index contributed by atoms with van der Waals surface area (Å²) < 4.78 is 28.7. The number of imidazole rings is 1. The monoisotopic (exact) mass is 469 g/mol. The highest BCUT2D eigenvalue weighted by Crippen LogP contribution is 2.30. The van der Waals surface area contributed by atoms with Crippen LogP contribution in [0.5, 0.6) is 0 Å². The van der Waals surface area contributed by atoms with Gasteiger partial charge in [-0.1, -0.05) is 31.4 Å². The van der Waals surface area contributed by atoms with Gasteiger partial charge in [-0.2, -0.15) is 4.31 Å². The maximum atomic E-state index is 13.5. The smallest absolute Gasteiger partial charge is 0.296 e. The van der Waals surface area contributed by atoms with Gasteiger partial charge in [0.15, 0.2) is 5.65 Å². The van der Waals surface area contributed by atoms with Gasteiger partial charge in [0.2, 0.25) is 10.0 Å². The molecule has 1 saturated carbocycles. The molecule has 1 aromatic carbocycles. The molecule has 0 N–H and O–H groups in total. The molecular formula is C24H31N5O3S. The van der Waals surface area contributed by atoms with Gasteiger partial charge in [0.1, 0.15) is 0 Å². The number of sulfonamides is 1. The first kappa shape index (κ1) is 22.3. The van der Waals surface area contributed by atoms with Crippen LogP contribution in [0.4, 0.5) is 0 Å². The van der Waals surface area contributed by atoms with Crippen molar-refractivity contribution in [1.82, 2.24) is 23.3 Å². The highest BCUT2D eigenvalue weighted by Gasteiger charge is 2.25. The Morgan fingerprint density at radius 3 is 2.33 bits per heavy atom. The van der Waals surface area contributed by atoms with Crippen molar-refractivity contribution in [1.29, 1.82) is 0 Å². The average molecular weight is 470 g/mol. The van der Waals surface area contributed by atoms with Crippen molar-refractivity contribution in [3.8, 4) is 5.69 Å². The van der Waals surface area contributed by atoms with Crippen LogP contribution in [0.3, 0.4) is 0 Å². The summed E-state index contributed by atoms with van der Waals surface area (Å²) in [5.74, 6) is 0. The maximum Gasteiger partial charge on any atom is 0.335 e. The van der Waals surface area contributed by atoms with E-state index < -0.39 is 10.0 Å². The molecule has 0 radical (unpaired) electrons. The summed E-state index contributed by atoms with van der Waals surface area (Å²) in [6, 6.07) is 12.2. The molecule has 2 fully saturated rings. The fourth-order valence-electron chi connectivity index (χ4n) is 5.20. The normalized spacial score (nSPS) is 19.3. The third-order valence-electron chi connectivity index (χ3n) is 6.98. The van der Waals surface area contributed by atoms with Gasteiger partial charge in [-0.05, 0) is 42.7 Å². The zero-order chi connectivity index (χ0) is 23.0. The molecule has 0 unspecified atom stereocenters. The van der Waals surface area contributed by atoms with Crippen molar-refractivity contribution < 1.29 is 8.42 Å². The first-order valence-corrected chi connectivity index (χ1v) is 13.6. The minimum atomic E-state index is -3.12. The average Bonchev–Trinajstić information content (AvgIpc) is 3.12. The van der Waals surface area contributed by atoms with E-state index in [4.69, 9.17) is 0 Å². The van der Waals surface area contributed by atoms with Gasteiger partial charge in [0.25, 0.3) is 0 Å². The van der Waals surface area contributed by atoms with Gasteiger partial charge >= 0.3 is 5.69 Å². The fourth-order valence-corrected chi connectivity index (χ4v) is 6.03. The van der Waals surface area contributed by atoms with Gasteiger partial charge in [-0.3, -0.25) is 9.47 Å². The molecule has 8 nitrogen and oxygen atoms in total. The molecule has 0 atom stereocenters. The van der Waals surface area contributed by atoms with Crippen LogP contribution in [0.1, 0.15) is 43.7 Å². The molecular weight excluding hydrogens is 438 g/mol. The summed E-state index contributed by atoms with van der Waals surface area (Å²) in [4.78, 5) is 20.3. The maximum absolute atomic E-state index is 13.5. The highest BCUT2D eigenvalue weighted by molar-refractivity contribution is 7.88. The number of pyridine rings is 1. The number of rotatable bonds is 5. The molecule has 2 aliphatic rings. The third-order valence-corrected chi connectivity index (χ3v) is 8.28. The zero-order valence-electron chi connectivity index (χ0n) is 19.1. The van der Waals surface area contributed by atoms with E-state index in [1.54, 1.807) is 10.8 Å². The predicted molar refractivity (Wildman–Crippen MR) is 129 cm³/mol. The Hall–Kier alpha value is -2.49. The van der Waals surface area contributed by atoms with Crippen LogP contribution < -0.4 is 5.69 Å². The number of benzene rings is 1. The van der Waals surface area contributed by atoms with Crippen molar-refractivity contribution in [2.24, 2.45) is 0 Å². The molecule has 0 amide bonds. The molecule has 3 aromatic rings.